The summed E-state index contributed by atoms with van der Waals surface area (Å²) in [6.45, 7) is 0. The highest BCUT2D eigenvalue weighted by Gasteiger charge is 2.18. The Balaban J connectivity index is 0.000000232. The van der Waals surface area contributed by atoms with E-state index in [-0.39, 0.29) is 11.0 Å². The molecule has 0 saturated carbocycles. The second-order valence-corrected chi connectivity index (χ2v) is 8.38. The predicted octanol–water partition coefficient (Wildman–Crippen LogP) is 4.31. The molecule has 38 heavy (non-hydrogen) atoms. The van der Waals surface area contributed by atoms with Crippen LogP contribution in [0.5, 0.6) is 0 Å². The number of nitrogens with zero attached hydrogens (tertiary/aromatic N) is 2. The molecule has 10 heteroatoms. The molecule has 0 aliphatic heterocycles. The maximum absolute atomic E-state index is 10.8. The normalized spacial score (nSPS) is 9.29. The van der Waals surface area contributed by atoms with E-state index in [9.17, 15) is 19.6 Å². The van der Waals surface area contributed by atoms with Crippen LogP contribution in [0.3, 0.4) is 0 Å². The topological polar surface area (TPSA) is 163 Å². The molecule has 4 aromatic rings. The number of rotatable bonds is 4. The molecule has 188 valence electrons. The molecule has 0 unspecified atom stereocenters. The number of aromatic carboxylic acids is 2. The van der Waals surface area contributed by atoms with Crippen LogP contribution in [0.15, 0.2) is 102 Å². The van der Waals surface area contributed by atoms with Crippen LogP contribution in [0.1, 0.15) is 31.8 Å². The van der Waals surface area contributed by atoms with E-state index in [1.807, 2.05) is 24.3 Å². The van der Waals surface area contributed by atoms with Crippen LogP contribution >= 0.6 is 15.9 Å². The Hall–Kier alpha value is -4.74. The van der Waals surface area contributed by atoms with Gasteiger partial charge in [0, 0.05) is 4.47 Å². The van der Waals surface area contributed by atoms with E-state index in [4.69, 9.17) is 20.7 Å². The summed E-state index contributed by atoms with van der Waals surface area (Å²) in [5.74, 6) is -1.91. The van der Waals surface area contributed by atoms with Crippen LogP contribution < -0.4 is 5.46 Å². The zero-order valence-corrected chi connectivity index (χ0v) is 21.3. The third-order valence-electron chi connectivity index (χ3n) is 4.90. The second-order valence-electron chi connectivity index (χ2n) is 7.46. The van der Waals surface area contributed by atoms with Crippen molar-refractivity contribution in [3.8, 4) is 23.3 Å². The molecular formula is C28H20BBrN2O6. The van der Waals surface area contributed by atoms with E-state index in [1.165, 1.54) is 18.2 Å². The molecule has 0 aliphatic carbocycles. The van der Waals surface area contributed by atoms with Gasteiger partial charge in [0.15, 0.2) is 0 Å². The quantitative estimate of drug-likeness (QED) is 0.264. The molecule has 0 aromatic heterocycles. The highest BCUT2D eigenvalue weighted by Crippen LogP contribution is 2.19. The van der Waals surface area contributed by atoms with Crippen molar-refractivity contribution in [1.29, 1.82) is 10.5 Å². The van der Waals surface area contributed by atoms with Crippen molar-refractivity contribution in [1.82, 2.24) is 0 Å². The maximum Gasteiger partial charge on any atom is 0.489 e. The fourth-order valence-electron chi connectivity index (χ4n) is 3.01. The van der Waals surface area contributed by atoms with E-state index >= 15 is 0 Å². The fourth-order valence-corrected chi connectivity index (χ4v) is 3.27. The van der Waals surface area contributed by atoms with Gasteiger partial charge in [0.2, 0.25) is 0 Å². The molecule has 4 N–H and O–H groups in total. The van der Waals surface area contributed by atoms with Crippen LogP contribution in [0, 0.1) is 22.7 Å². The van der Waals surface area contributed by atoms with Crippen LogP contribution in [-0.2, 0) is 0 Å². The minimum Gasteiger partial charge on any atom is -0.478 e. The van der Waals surface area contributed by atoms with Gasteiger partial charge in [-0.15, -0.1) is 0 Å². The number of halogens is 1. The van der Waals surface area contributed by atoms with Crippen molar-refractivity contribution in [3.05, 3.63) is 124 Å². The van der Waals surface area contributed by atoms with Crippen LogP contribution in [0.4, 0.5) is 0 Å². The van der Waals surface area contributed by atoms with Crippen molar-refractivity contribution in [2.75, 3.05) is 0 Å². The minimum absolute atomic E-state index is 0.147. The number of hydrogen-bond acceptors (Lipinski definition) is 6. The van der Waals surface area contributed by atoms with Crippen molar-refractivity contribution >= 4 is 40.4 Å². The summed E-state index contributed by atoms with van der Waals surface area (Å²) < 4.78 is 1.00. The summed E-state index contributed by atoms with van der Waals surface area (Å²) in [5, 5.41) is 53.2. The molecule has 0 radical (unpaired) electrons. The van der Waals surface area contributed by atoms with Crippen LogP contribution in [0.25, 0.3) is 11.1 Å². The van der Waals surface area contributed by atoms with Gasteiger partial charge < -0.3 is 20.3 Å². The first-order valence-corrected chi connectivity index (χ1v) is 11.6. The number of hydrogen-bond donors (Lipinski definition) is 4. The Morgan fingerprint density at radius 3 is 1.63 bits per heavy atom. The molecule has 0 atom stereocenters. The third kappa shape index (κ3) is 9.05. The lowest BCUT2D eigenvalue weighted by Gasteiger charge is -2.10. The van der Waals surface area contributed by atoms with Crippen LogP contribution in [0.2, 0.25) is 0 Å². The van der Waals surface area contributed by atoms with Gasteiger partial charge in [-0.3, -0.25) is 0 Å². The van der Waals surface area contributed by atoms with E-state index in [0.717, 1.165) is 4.47 Å². The Morgan fingerprint density at radius 1 is 0.684 bits per heavy atom. The van der Waals surface area contributed by atoms with E-state index in [2.05, 4.69) is 15.9 Å². The molecule has 0 saturated heterocycles. The van der Waals surface area contributed by atoms with Gasteiger partial charge in [-0.05, 0) is 77.3 Å². The van der Waals surface area contributed by atoms with Gasteiger partial charge in [0.25, 0.3) is 0 Å². The van der Waals surface area contributed by atoms with E-state index in [0.29, 0.717) is 27.8 Å². The Kier molecular flexibility index (Phi) is 11.4. The van der Waals surface area contributed by atoms with Gasteiger partial charge in [0.05, 0.1) is 34.4 Å². The first-order valence-electron chi connectivity index (χ1n) is 10.8. The second kappa shape index (κ2) is 14.7. The van der Waals surface area contributed by atoms with Crippen molar-refractivity contribution < 1.29 is 29.9 Å². The summed E-state index contributed by atoms with van der Waals surface area (Å²) >= 11 is 3.27. The molecular weight excluding hydrogens is 551 g/mol. The lowest BCUT2D eigenvalue weighted by molar-refractivity contribution is 0.0686. The molecule has 0 spiro atoms. The lowest BCUT2D eigenvalue weighted by atomic mass is 9.74. The molecule has 0 amide bonds. The first kappa shape index (κ1) is 29.5. The van der Waals surface area contributed by atoms with Gasteiger partial charge in [-0.1, -0.05) is 52.3 Å². The molecule has 4 rings (SSSR count). The maximum atomic E-state index is 10.8. The minimum atomic E-state index is -1.71. The first-order chi connectivity index (χ1) is 18.2. The van der Waals surface area contributed by atoms with E-state index in [1.54, 1.807) is 66.7 Å². The summed E-state index contributed by atoms with van der Waals surface area (Å²) in [7, 11) is -1.71. The number of nitriles is 2. The number of benzene rings is 4. The zero-order chi connectivity index (χ0) is 28.1. The third-order valence-corrected chi connectivity index (χ3v) is 5.42. The highest BCUT2D eigenvalue weighted by molar-refractivity contribution is 9.10. The number of carboxylic acid groups (broad SMARTS) is 2. The van der Waals surface area contributed by atoms with Crippen LogP contribution in [-0.4, -0.2) is 39.3 Å². The molecule has 0 fully saturated rings. The van der Waals surface area contributed by atoms with Gasteiger partial charge in [-0.2, -0.15) is 10.5 Å². The summed E-state index contributed by atoms with van der Waals surface area (Å²) in [5.41, 5.74) is 2.87. The van der Waals surface area contributed by atoms with Gasteiger partial charge in [0.1, 0.15) is 0 Å². The van der Waals surface area contributed by atoms with Crippen molar-refractivity contribution in [2.45, 2.75) is 0 Å². The molecule has 4 aromatic carbocycles. The Bertz CT molecular complexity index is 1460. The van der Waals surface area contributed by atoms with Crippen molar-refractivity contribution in [2.24, 2.45) is 0 Å². The SMILES string of the molecule is N#Cc1ccc(-c2ccc(C(=O)O)cc2)c(B(O)O)c1.N#Cc1ccc(Br)cc1.O=C(O)c1ccccc1. The highest BCUT2D eigenvalue weighted by atomic mass is 79.9. The lowest BCUT2D eigenvalue weighted by Crippen LogP contribution is -2.31. The molecule has 8 nitrogen and oxygen atoms in total. The number of carbonyl (C=O) groups is 2. The average molecular weight is 571 g/mol. The Labute approximate surface area is 227 Å². The monoisotopic (exact) mass is 570 g/mol. The smallest absolute Gasteiger partial charge is 0.478 e. The molecule has 0 aliphatic rings. The fraction of sp³-hybridized carbons (Fsp3) is 0. The zero-order valence-electron chi connectivity index (χ0n) is 19.7. The largest absolute Gasteiger partial charge is 0.489 e. The predicted molar refractivity (Wildman–Crippen MR) is 146 cm³/mol. The summed E-state index contributed by atoms with van der Waals surface area (Å²) in [6.07, 6.45) is 0. The van der Waals surface area contributed by atoms with E-state index < -0.39 is 19.1 Å². The number of carboxylic acids is 2. The van der Waals surface area contributed by atoms with Gasteiger partial charge >= 0.3 is 19.1 Å². The van der Waals surface area contributed by atoms with Crippen molar-refractivity contribution in [3.63, 3.8) is 0 Å². The molecule has 0 heterocycles. The molecule has 0 bridgehead atoms. The summed E-state index contributed by atoms with van der Waals surface area (Å²) in [4.78, 5) is 21.0. The Morgan fingerprint density at radius 2 is 1.18 bits per heavy atom. The summed E-state index contributed by atoms with van der Waals surface area (Å²) in [6, 6.07) is 30.1. The standard InChI is InChI=1S/C14H10BNO4.C7H4BrN.C7H6O2/c16-8-9-1-6-12(13(7-9)15(19)20)10-2-4-11(5-3-10)14(17)18;8-7-3-1-6(5-9)2-4-7;8-7(9)6-4-2-1-3-5-6/h1-7,19-20H,(H,17,18);1-4H;1-5H,(H,8,9). The van der Waals surface area contributed by atoms with Gasteiger partial charge in [-0.25, -0.2) is 9.59 Å². The average Bonchev–Trinajstić information content (AvgIpc) is 2.94.